The minimum atomic E-state index is 1.12. The van der Waals surface area contributed by atoms with Crippen LogP contribution < -0.4 is 4.90 Å². The first-order valence-corrected chi connectivity index (χ1v) is 17.5. The van der Waals surface area contributed by atoms with Crippen molar-refractivity contribution in [3.05, 3.63) is 212 Å². The van der Waals surface area contributed by atoms with Crippen LogP contribution in [0.1, 0.15) is 0 Å². The molecule has 1 nitrogen and oxygen atoms in total. The van der Waals surface area contributed by atoms with Crippen molar-refractivity contribution in [3.8, 4) is 44.5 Å². The average molecular weight is 650 g/mol. The fourth-order valence-electron chi connectivity index (χ4n) is 7.56. The number of fused-ring (bicyclic) bond motifs is 2. The molecule has 0 radical (unpaired) electrons. The summed E-state index contributed by atoms with van der Waals surface area (Å²) < 4.78 is 0. The van der Waals surface area contributed by atoms with Gasteiger partial charge in [-0.2, -0.15) is 0 Å². The van der Waals surface area contributed by atoms with E-state index in [2.05, 4.69) is 217 Å². The molecule has 0 N–H and O–H groups in total. The molecular weight excluding hydrogens is 615 g/mol. The lowest BCUT2D eigenvalue weighted by Gasteiger charge is -2.25. The number of hydrogen-bond donors (Lipinski definition) is 0. The van der Waals surface area contributed by atoms with Gasteiger partial charge in [-0.3, -0.25) is 0 Å². The first-order chi connectivity index (χ1) is 25.3. The zero-order valence-electron chi connectivity index (χ0n) is 28.2. The van der Waals surface area contributed by atoms with E-state index in [1.807, 2.05) is 0 Å². The summed E-state index contributed by atoms with van der Waals surface area (Å²) in [5.74, 6) is 0. The van der Waals surface area contributed by atoms with Gasteiger partial charge in [0.1, 0.15) is 0 Å². The number of hydrogen-bond acceptors (Lipinski definition) is 1. The Morgan fingerprint density at radius 3 is 1.22 bits per heavy atom. The van der Waals surface area contributed by atoms with E-state index in [4.69, 9.17) is 0 Å². The second-order valence-electron chi connectivity index (χ2n) is 12.9. The van der Waals surface area contributed by atoms with Crippen LogP contribution in [-0.2, 0) is 0 Å². The summed E-state index contributed by atoms with van der Waals surface area (Å²) in [4.78, 5) is 2.30. The number of rotatable bonds is 7. The highest BCUT2D eigenvalue weighted by Crippen LogP contribution is 2.46. The Morgan fingerprint density at radius 2 is 0.647 bits per heavy atom. The Kier molecular flexibility index (Phi) is 7.92. The Hall–Kier alpha value is -6.70. The molecule has 0 aliphatic rings. The first kappa shape index (κ1) is 30.4. The molecule has 0 aliphatic heterocycles. The topological polar surface area (TPSA) is 3.24 Å². The highest BCUT2D eigenvalue weighted by atomic mass is 15.1. The summed E-state index contributed by atoms with van der Waals surface area (Å²) >= 11 is 0. The van der Waals surface area contributed by atoms with Crippen LogP contribution in [0.15, 0.2) is 212 Å². The summed E-state index contributed by atoms with van der Waals surface area (Å²) in [6, 6.07) is 76.5. The van der Waals surface area contributed by atoms with Crippen LogP contribution in [0.3, 0.4) is 0 Å². The van der Waals surface area contributed by atoms with Crippen molar-refractivity contribution in [2.45, 2.75) is 0 Å². The molecule has 0 saturated heterocycles. The number of anilines is 3. The number of nitrogens with zero attached hydrogens (tertiary/aromatic N) is 1. The van der Waals surface area contributed by atoms with Crippen molar-refractivity contribution < 1.29 is 0 Å². The molecular formula is C50H35N. The molecule has 1 heteroatoms. The molecule has 240 valence electrons. The van der Waals surface area contributed by atoms with Gasteiger partial charge in [0.2, 0.25) is 0 Å². The molecule has 0 heterocycles. The summed E-state index contributed by atoms with van der Waals surface area (Å²) in [5, 5.41) is 5.02. The van der Waals surface area contributed by atoms with Crippen molar-refractivity contribution in [2.24, 2.45) is 0 Å². The highest BCUT2D eigenvalue weighted by molar-refractivity contribution is 6.22. The molecule has 0 atom stereocenters. The van der Waals surface area contributed by atoms with Gasteiger partial charge in [-0.15, -0.1) is 0 Å². The van der Waals surface area contributed by atoms with E-state index in [1.54, 1.807) is 0 Å². The van der Waals surface area contributed by atoms with E-state index >= 15 is 0 Å². The van der Waals surface area contributed by atoms with Gasteiger partial charge in [-0.05, 0) is 109 Å². The predicted molar refractivity (Wildman–Crippen MR) is 218 cm³/mol. The van der Waals surface area contributed by atoms with E-state index in [0.29, 0.717) is 0 Å². The zero-order valence-corrected chi connectivity index (χ0v) is 28.2. The zero-order chi connectivity index (χ0) is 34.0. The third-order valence-electron chi connectivity index (χ3n) is 9.85. The van der Waals surface area contributed by atoms with Gasteiger partial charge in [0.05, 0.1) is 0 Å². The quantitative estimate of drug-likeness (QED) is 0.155. The van der Waals surface area contributed by atoms with Crippen LogP contribution in [0.25, 0.3) is 66.1 Å². The summed E-state index contributed by atoms with van der Waals surface area (Å²) in [6.45, 7) is 0. The molecule has 0 saturated carbocycles. The molecule has 0 bridgehead atoms. The third-order valence-corrected chi connectivity index (χ3v) is 9.85. The van der Waals surface area contributed by atoms with Gasteiger partial charge in [0.25, 0.3) is 0 Å². The molecule has 0 spiro atoms. The smallest absolute Gasteiger partial charge is 0.0462 e. The molecule has 9 rings (SSSR count). The fourth-order valence-corrected chi connectivity index (χ4v) is 7.56. The maximum Gasteiger partial charge on any atom is 0.0462 e. The molecule has 0 amide bonds. The van der Waals surface area contributed by atoms with Gasteiger partial charge in [0.15, 0.2) is 0 Å². The monoisotopic (exact) mass is 649 g/mol. The van der Waals surface area contributed by atoms with Crippen LogP contribution >= 0.6 is 0 Å². The molecule has 0 fully saturated rings. The van der Waals surface area contributed by atoms with E-state index in [1.165, 1.54) is 66.1 Å². The summed E-state index contributed by atoms with van der Waals surface area (Å²) in [7, 11) is 0. The van der Waals surface area contributed by atoms with Crippen LogP contribution in [0.4, 0.5) is 17.1 Å². The third kappa shape index (κ3) is 5.65. The maximum absolute atomic E-state index is 2.35. The van der Waals surface area contributed by atoms with Gasteiger partial charge >= 0.3 is 0 Å². The van der Waals surface area contributed by atoms with Gasteiger partial charge in [-0.1, -0.05) is 170 Å². The van der Waals surface area contributed by atoms with E-state index in [-0.39, 0.29) is 0 Å². The van der Waals surface area contributed by atoms with Crippen LogP contribution in [0.5, 0.6) is 0 Å². The second-order valence-corrected chi connectivity index (χ2v) is 12.9. The Bertz CT molecular complexity index is 2510. The van der Waals surface area contributed by atoms with E-state index in [9.17, 15) is 0 Å². The van der Waals surface area contributed by atoms with Crippen molar-refractivity contribution in [2.75, 3.05) is 4.90 Å². The standard InChI is InChI=1S/C50H35N/c1-4-17-37(18-5-1)43-25-10-11-26-44(43)50-47-29-14-12-27-45(47)49(46-28-13-15-30-48(46)50)39-20-16-19-38(35-39)36-31-33-42(34-32-36)51(40-21-6-2-7-22-40)41-23-8-3-9-24-41/h1-35H. The summed E-state index contributed by atoms with van der Waals surface area (Å²) in [5.41, 5.74) is 13.2. The molecule has 0 unspecified atom stereocenters. The minimum absolute atomic E-state index is 1.12. The molecule has 9 aromatic rings. The Balaban J connectivity index is 1.18. The Morgan fingerprint density at radius 1 is 0.235 bits per heavy atom. The van der Waals surface area contributed by atoms with Crippen molar-refractivity contribution >= 4 is 38.6 Å². The number of benzene rings is 9. The van der Waals surface area contributed by atoms with Gasteiger partial charge < -0.3 is 4.90 Å². The van der Waals surface area contributed by atoms with E-state index < -0.39 is 0 Å². The lowest BCUT2D eigenvalue weighted by atomic mass is 9.83. The molecule has 51 heavy (non-hydrogen) atoms. The van der Waals surface area contributed by atoms with Crippen molar-refractivity contribution in [1.29, 1.82) is 0 Å². The van der Waals surface area contributed by atoms with Crippen LogP contribution in [-0.4, -0.2) is 0 Å². The average Bonchev–Trinajstić information content (AvgIpc) is 3.21. The molecule has 0 aromatic heterocycles. The normalized spacial score (nSPS) is 11.1. The predicted octanol–water partition coefficient (Wildman–Crippen LogP) is 14.1. The SMILES string of the molecule is c1ccc(-c2ccccc2-c2c3ccccc3c(-c3cccc(-c4ccc(N(c5ccccc5)c5ccccc5)cc4)c3)c3ccccc23)cc1. The lowest BCUT2D eigenvalue weighted by Crippen LogP contribution is -2.09. The Labute approximate surface area is 299 Å². The highest BCUT2D eigenvalue weighted by Gasteiger charge is 2.19. The van der Waals surface area contributed by atoms with E-state index in [0.717, 1.165) is 17.1 Å². The van der Waals surface area contributed by atoms with Crippen LogP contribution in [0.2, 0.25) is 0 Å². The van der Waals surface area contributed by atoms with Crippen molar-refractivity contribution in [3.63, 3.8) is 0 Å². The van der Waals surface area contributed by atoms with Gasteiger partial charge in [0, 0.05) is 17.1 Å². The fraction of sp³-hybridized carbons (Fsp3) is 0. The second kappa shape index (κ2) is 13.3. The summed E-state index contributed by atoms with van der Waals surface area (Å²) in [6.07, 6.45) is 0. The minimum Gasteiger partial charge on any atom is -0.311 e. The van der Waals surface area contributed by atoms with Crippen LogP contribution in [0, 0.1) is 0 Å². The van der Waals surface area contributed by atoms with Crippen molar-refractivity contribution in [1.82, 2.24) is 0 Å². The maximum atomic E-state index is 2.35. The molecule has 0 aliphatic carbocycles. The number of para-hydroxylation sites is 2. The van der Waals surface area contributed by atoms with Gasteiger partial charge in [-0.25, -0.2) is 0 Å². The molecule has 9 aromatic carbocycles. The first-order valence-electron chi connectivity index (χ1n) is 17.5. The largest absolute Gasteiger partial charge is 0.311 e. The lowest BCUT2D eigenvalue weighted by molar-refractivity contribution is 1.28.